The van der Waals surface area contributed by atoms with Crippen LogP contribution in [0.4, 0.5) is 0 Å². The van der Waals surface area contributed by atoms with Crippen molar-refractivity contribution in [3.63, 3.8) is 0 Å². The minimum absolute atomic E-state index is 0.0821. The van der Waals surface area contributed by atoms with Crippen LogP contribution in [-0.2, 0) is 28.6 Å². The Balaban J connectivity index is 4.35. The van der Waals surface area contributed by atoms with Crippen LogP contribution in [0.25, 0.3) is 0 Å². The normalized spacial score (nSPS) is 12.5. The molecule has 0 aromatic heterocycles. The molecule has 0 N–H and O–H groups in total. The fourth-order valence-electron chi connectivity index (χ4n) is 10.8. The summed E-state index contributed by atoms with van der Waals surface area (Å²) in [5, 5.41) is 0. The lowest BCUT2D eigenvalue weighted by Crippen LogP contribution is -2.30. The smallest absolute Gasteiger partial charge is 0.306 e. The number of hydrogen-bond donors (Lipinski definition) is 0. The van der Waals surface area contributed by atoms with Crippen LogP contribution in [0.3, 0.4) is 0 Å². The van der Waals surface area contributed by atoms with Crippen molar-refractivity contribution < 1.29 is 28.6 Å². The Morgan fingerprint density at radius 3 is 0.759 bits per heavy atom. The SMILES string of the molecule is CC/C=C\C/C=C\C/C=C\C/C=C\C/C=C\CCCCCC(=O)OCC(COC(=O)CCCCCCCCCCCCCCC/C=C\CCCCCCCCCC)OC(=O)CCCCCCCCCCCCCCCCCCCCCCC. The molecule has 1 atom stereocenters. The highest BCUT2D eigenvalue weighted by Gasteiger charge is 2.19. The third-order valence-corrected chi connectivity index (χ3v) is 16.2. The summed E-state index contributed by atoms with van der Waals surface area (Å²) >= 11 is 0. The minimum Gasteiger partial charge on any atom is -0.462 e. The maximum Gasteiger partial charge on any atom is 0.306 e. The Hall–Kier alpha value is -3.15. The van der Waals surface area contributed by atoms with E-state index < -0.39 is 6.10 Å². The molecule has 0 aliphatic carbocycles. The molecule has 0 bridgehead atoms. The predicted molar refractivity (Wildman–Crippen MR) is 362 cm³/mol. The molecule has 0 spiro atoms. The molecule has 83 heavy (non-hydrogen) atoms. The first-order valence-electron chi connectivity index (χ1n) is 36.4. The topological polar surface area (TPSA) is 78.9 Å². The number of ether oxygens (including phenoxy) is 3. The number of hydrogen-bond acceptors (Lipinski definition) is 6. The van der Waals surface area contributed by atoms with Gasteiger partial charge >= 0.3 is 17.9 Å². The summed E-state index contributed by atoms with van der Waals surface area (Å²) in [5.41, 5.74) is 0. The molecule has 482 valence electrons. The fraction of sp³-hybridized carbons (Fsp3) is 0.805. The van der Waals surface area contributed by atoms with Gasteiger partial charge in [-0.1, -0.05) is 344 Å². The quantitative estimate of drug-likeness (QED) is 0.0261. The second-order valence-electron chi connectivity index (χ2n) is 24.5. The average molecular weight is 1160 g/mol. The van der Waals surface area contributed by atoms with E-state index in [1.165, 1.54) is 244 Å². The number of rotatable bonds is 67. The van der Waals surface area contributed by atoms with Gasteiger partial charge in [0.1, 0.15) is 13.2 Å². The summed E-state index contributed by atoms with van der Waals surface area (Å²) in [6.07, 6.45) is 93.6. The number of unbranched alkanes of at least 4 members (excludes halogenated alkanes) is 44. The van der Waals surface area contributed by atoms with Crippen molar-refractivity contribution in [1.82, 2.24) is 0 Å². The molecule has 0 fully saturated rings. The second-order valence-corrected chi connectivity index (χ2v) is 24.5. The maximum atomic E-state index is 13.0. The zero-order valence-electron chi connectivity index (χ0n) is 55.5. The molecule has 0 aromatic rings. The summed E-state index contributed by atoms with van der Waals surface area (Å²) < 4.78 is 17.0. The van der Waals surface area contributed by atoms with Crippen LogP contribution >= 0.6 is 0 Å². The number of esters is 3. The highest BCUT2D eigenvalue weighted by molar-refractivity contribution is 5.71. The van der Waals surface area contributed by atoms with Crippen LogP contribution < -0.4 is 0 Å². The molecule has 0 aliphatic rings. The number of carbonyl (C=O) groups excluding carboxylic acids is 3. The maximum absolute atomic E-state index is 13.0. The summed E-state index contributed by atoms with van der Waals surface area (Å²) in [6.45, 7) is 6.57. The Labute approximate surface area is 516 Å². The van der Waals surface area contributed by atoms with Crippen molar-refractivity contribution in [2.75, 3.05) is 13.2 Å². The molecular weight excluding hydrogens is 1020 g/mol. The van der Waals surface area contributed by atoms with E-state index in [0.717, 1.165) is 96.3 Å². The van der Waals surface area contributed by atoms with Crippen LogP contribution in [0.1, 0.15) is 380 Å². The van der Waals surface area contributed by atoms with E-state index in [9.17, 15) is 14.4 Å². The van der Waals surface area contributed by atoms with Crippen molar-refractivity contribution in [2.45, 2.75) is 386 Å². The third kappa shape index (κ3) is 69.5. The summed E-state index contributed by atoms with van der Waals surface area (Å²) in [4.78, 5) is 38.5. The van der Waals surface area contributed by atoms with Gasteiger partial charge in [-0.05, 0) is 89.9 Å². The van der Waals surface area contributed by atoms with Gasteiger partial charge in [-0.2, -0.15) is 0 Å². The van der Waals surface area contributed by atoms with E-state index in [1.54, 1.807) is 0 Å². The first kappa shape index (κ1) is 79.8. The van der Waals surface area contributed by atoms with Gasteiger partial charge in [0, 0.05) is 19.3 Å². The molecule has 0 aliphatic heterocycles. The molecular formula is C77H138O6. The standard InChI is InChI=1S/C77H138O6/c1-4-7-10-13-16-19-22-25-28-31-34-36-37-38-39-41-43-46-49-52-55-58-61-64-67-70-76(79)82-73-74(72-81-75(78)69-66-63-60-57-54-51-48-45-42-33-30-27-24-21-18-15-12-9-6-3)83-77(80)71-68-65-62-59-56-53-50-47-44-40-35-32-29-26-23-20-17-14-11-8-5-2/h9,12,18,21,27,30-31,34,42,45,51,54,74H,4-8,10-11,13-17,19-20,22-26,28-29,32-33,35-41,43-44,46-50,52-53,55-73H2,1-3H3/b12-9-,21-18-,30-27-,34-31-,45-42-,54-51-. The molecule has 6 nitrogen and oxygen atoms in total. The molecule has 0 radical (unpaired) electrons. The van der Waals surface area contributed by atoms with E-state index >= 15 is 0 Å². The minimum atomic E-state index is -0.790. The Morgan fingerprint density at radius 2 is 0.470 bits per heavy atom. The highest BCUT2D eigenvalue weighted by atomic mass is 16.6. The van der Waals surface area contributed by atoms with E-state index in [0.29, 0.717) is 19.3 Å². The first-order chi connectivity index (χ1) is 41.0. The van der Waals surface area contributed by atoms with Crippen molar-refractivity contribution >= 4 is 17.9 Å². The van der Waals surface area contributed by atoms with Gasteiger partial charge < -0.3 is 14.2 Å². The molecule has 0 saturated heterocycles. The summed E-state index contributed by atoms with van der Waals surface area (Å²) in [6, 6.07) is 0. The van der Waals surface area contributed by atoms with Gasteiger partial charge in [0.25, 0.3) is 0 Å². The molecule has 0 saturated carbocycles. The summed E-state index contributed by atoms with van der Waals surface area (Å²) in [7, 11) is 0. The monoisotopic (exact) mass is 1160 g/mol. The Morgan fingerprint density at radius 1 is 0.253 bits per heavy atom. The highest BCUT2D eigenvalue weighted by Crippen LogP contribution is 2.18. The Bertz CT molecular complexity index is 1520. The lowest BCUT2D eigenvalue weighted by Gasteiger charge is -2.18. The van der Waals surface area contributed by atoms with Crippen LogP contribution in [-0.4, -0.2) is 37.2 Å². The van der Waals surface area contributed by atoms with Gasteiger partial charge in [0.15, 0.2) is 6.10 Å². The van der Waals surface area contributed by atoms with Gasteiger partial charge in [0.2, 0.25) is 0 Å². The molecule has 0 aromatic carbocycles. The first-order valence-corrected chi connectivity index (χ1v) is 36.4. The van der Waals surface area contributed by atoms with E-state index in [2.05, 4.69) is 93.7 Å². The third-order valence-electron chi connectivity index (χ3n) is 16.2. The van der Waals surface area contributed by atoms with Crippen molar-refractivity contribution in [1.29, 1.82) is 0 Å². The van der Waals surface area contributed by atoms with E-state index in [-0.39, 0.29) is 31.1 Å². The van der Waals surface area contributed by atoms with Gasteiger partial charge in [-0.15, -0.1) is 0 Å². The average Bonchev–Trinajstić information content (AvgIpc) is 3.49. The predicted octanol–water partition coefficient (Wildman–Crippen LogP) is 25.2. The van der Waals surface area contributed by atoms with Gasteiger partial charge in [-0.3, -0.25) is 14.4 Å². The lowest BCUT2D eigenvalue weighted by atomic mass is 10.0. The van der Waals surface area contributed by atoms with E-state index in [4.69, 9.17) is 14.2 Å². The molecule has 0 amide bonds. The summed E-state index contributed by atoms with van der Waals surface area (Å²) in [5.74, 6) is -0.891. The van der Waals surface area contributed by atoms with Crippen LogP contribution in [0.5, 0.6) is 0 Å². The van der Waals surface area contributed by atoms with Crippen molar-refractivity contribution in [3.8, 4) is 0 Å². The van der Waals surface area contributed by atoms with Crippen LogP contribution in [0, 0.1) is 0 Å². The molecule has 6 heteroatoms. The van der Waals surface area contributed by atoms with Crippen LogP contribution in [0.15, 0.2) is 72.9 Å². The molecule has 0 rings (SSSR count). The van der Waals surface area contributed by atoms with Gasteiger partial charge in [0.05, 0.1) is 0 Å². The zero-order chi connectivity index (χ0) is 59.9. The Kier molecular flexibility index (Phi) is 68.6. The van der Waals surface area contributed by atoms with Crippen molar-refractivity contribution in [2.24, 2.45) is 0 Å². The van der Waals surface area contributed by atoms with Gasteiger partial charge in [-0.25, -0.2) is 0 Å². The second kappa shape index (κ2) is 71.3. The largest absolute Gasteiger partial charge is 0.462 e. The molecule has 1 unspecified atom stereocenters. The zero-order valence-corrected chi connectivity index (χ0v) is 55.5. The lowest BCUT2D eigenvalue weighted by molar-refractivity contribution is -0.167. The fourth-order valence-corrected chi connectivity index (χ4v) is 10.8. The number of allylic oxidation sites excluding steroid dienone is 12. The van der Waals surface area contributed by atoms with Crippen molar-refractivity contribution in [3.05, 3.63) is 72.9 Å². The van der Waals surface area contributed by atoms with E-state index in [1.807, 2.05) is 0 Å². The molecule has 0 heterocycles. The number of carbonyl (C=O) groups is 3. The van der Waals surface area contributed by atoms with Crippen LogP contribution in [0.2, 0.25) is 0 Å².